The molecule has 0 aliphatic carbocycles. The van der Waals surface area contributed by atoms with Gasteiger partial charge in [0.1, 0.15) is 24.4 Å². The van der Waals surface area contributed by atoms with Crippen LogP contribution >= 0.6 is 0 Å². The van der Waals surface area contributed by atoms with Crippen molar-refractivity contribution in [1.82, 2.24) is 5.32 Å². The second-order valence-corrected chi connectivity index (χ2v) is 18.9. The molecule has 378 valence electrons. The van der Waals surface area contributed by atoms with Gasteiger partial charge in [-0.2, -0.15) is 0 Å². The van der Waals surface area contributed by atoms with E-state index in [1.807, 2.05) is 6.08 Å². The first-order valence-electron chi connectivity index (χ1n) is 27.0. The predicted octanol–water partition coefficient (Wildman–Crippen LogP) is 11.2. The van der Waals surface area contributed by atoms with Crippen LogP contribution in [0, 0.1) is 0 Å². The van der Waals surface area contributed by atoms with E-state index < -0.39 is 49.5 Å². The molecule has 0 aromatic rings. The Balaban J connectivity index is 2.14. The number of aliphatic hydroxyl groups excluding tert-OH is 5. The van der Waals surface area contributed by atoms with Crippen LogP contribution in [0.25, 0.3) is 0 Å². The standard InChI is InChI=1S/C53H101NO10/c1-3-5-7-9-11-13-19-23-27-31-35-39-46(56)45(44-63-53-52(61)51(60)50(59)47(43-55)64-53)54-48(57)40-36-32-28-24-21-17-15-16-18-22-26-30-34-38-42-62-49(58)41-37-33-29-25-20-14-12-10-8-6-4-2/h35,39,45-47,50-53,55-56,59-61H,3-34,36-38,40-44H2,1-2H3,(H,54,57)/b39-35+. The summed E-state index contributed by atoms with van der Waals surface area (Å²) in [5, 5.41) is 54.2. The summed E-state index contributed by atoms with van der Waals surface area (Å²) in [5.41, 5.74) is 0. The zero-order chi connectivity index (χ0) is 46.7. The van der Waals surface area contributed by atoms with Crippen molar-refractivity contribution in [3.05, 3.63) is 12.2 Å². The van der Waals surface area contributed by atoms with Crippen molar-refractivity contribution >= 4 is 11.9 Å². The van der Waals surface area contributed by atoms with E-state index in [4.69, 9.17) is 14.2 Å². The number of unbranched alkanes of at least 4 members (excludes halogenated alkanes) is 32. The van der Waals surface area contributed by atoms with Crippen LogP contribution < -0.4 is 5.32 Å². The average molecular weight is 912 g/mol. The van der Waals surface area contributed by atoms with Crippen LogP contribution in [0.2, 0.25) is 0 Å². The number of aliphatic hydroxyl groups is 5. The first-order valence-corrected chi connectivity index (χ1v) is 27.0. The zero-order valence-electron chi connectivity index (χ0n) is 41.3. The van der Waals surface area contributed by atoms with Gasteiger partial charge in [0.05, 0.1) is 32.0 Å². The van der Waals surface area contributed by atoms with Gasteiger partial charge >= 0.3 is 5.97 Å². The molecule has 0 saturated carbocycles. The third kappa shape index (κ3) is 33.8. The number of esters is 1. The Hall–Kier alpha value is -1.60. The maximum atomic E-state index is 13.0. The maximum Gasteiger partial charge on any atom is 0.305 e. The molecule has 6 N–H and O–H groups in total. The van der Waals surface area contributed by atoms with Gasteiger partial charge in [0.2, 0.25) is 5.91 Å². The molecule has 0 spiro atoms. The summed E-state index contributed by atoms with van der Waals surface area (Å²) < 4.78 is 16.7. The zero-order valence-corrected chi connectivity index (χ0v) is 41.3. The van der Waals surface area contributed by atoms with E-state index in [9.17, 15) is 35.1 Å². The monoisotopic (exact) mass is 912 g/mol. The van der Waals surface area contributed by atoms with Crippen LogP contribution in [0.4, 0.5) is 0 Å². The number of ether oxygens (including phenoxy) is 3. The molecule has 0 aromatic carbocycles. The fraction of sp³-hybridized carbons (Fsp3) is 0.925. The van der Waals surface area contributed by atoms with Gasteiger partial charge in [-0.05, 0) is 32.1 Å². The molecule has 1 rings (SSSR count). The SMILES string of the molecule is CCCCCCCCCCC/C=C/C(O)C(COC1OC(CO)C(O)C(O)C1O)NC(=O)CCCCCCCCCCCCCCCCOC(=O)CCCCCCCCCCCCC. The summed E-state index contributed by atoms with van der Waals surface area (Å²) in [7, 11) is 0. The van der Waals surface area contributed by atoms with E-state index in [0.717, 1.165) is 70.6 Å². The highest BCUT2D eigenvalue weighted by molar-refractivity contribution is 5.76. The van der Waals surface area contributed by atoms with Gasteiger partial charge in [0, 0.05) is 12.8 Å². The number of amides is 1. The Kier molecular flexibility index (Phi) is 41.5. The molecule has 1 amide bonds. The Morgan fingerprint density at radius 1 is 0.562 bits per heavy atom. The molecular weight excluding hydrogens is 811 g/mol. The Bertz CT molecular complexity index is 1080. The summed E-state index contributed by atoms with van der Waals surface area (Å²) in [6, 6.07) is -0.815. The highest BCUT2D eigenvalue weighted by atomic mass is 16.7. The van der Waals surface area contributed by atoms with E-state index in [2.05, 4.69) is 19.2 Å². The highest BCUT2D eigenvalue weighted by Gasteiger charge is 2.44. The fourth-order valence-electron chi connectivity index (χ4n) is 8.55. The predicted molar refractivity (Wildman–Crippen MR) is 260 cm³/mol. The number of carbonyl (C=O) groups is 2. The Morgan fingerprint density at radius 2 is 0.984 bits per heavy atom. The van der Waals surface area contributed by atoms with Crippen LogP contribution in [-0.2, 0) is 23.8 Å². The van der Waals surface area contributed by atoms with Crippen molar-refractivity contribution < 1.29 is 49.3 Å². The number of nitrogens with one attached hydrogen (secondary N) is 1. The second kappa shape index (κ2) is 43.9. The molecule has 0 bridgehead atoms. The minimum absolute atomic E-state index is 0.0231. The third-order valence-electron chi connectivity index (χ3n) is 12.9. The van der Waals surface area contributed by atoms with Gasteiger partial charge in [0.25, 0.3) is 0 Å². The van der Waals surface area contributed by atoms with Crippen molar-refractivity contribution in [3.8, 4) is 0 Å². The lowest BCUT2D eigenvalue weighted by atomic mass is 9.99. The van der Waals surface area contributed by atoms with Crippen LogP contribution in [0.15, 0.2) is 12.2 Å². The third-order valence-corrected chi connectivity index (χ3v) is 12.9. The van der Waals surface area contributed by atoms with Crippen molar-refractivity contribution in [1.29, 1.82) is 0 Å². The van der Waals surface area contributed by atoms with Crippen molar-refractivity contribution in [3.63, 3.8) is 0 Å². The van der Waals surface area contributed by atoms with E-state index >= 15 is 0 Å². The molecule has 0 radical (unpaired) electrons. The molecule has 1 aliphatic rings. The average Bonchev–Trinajstić information content (AvgIpc) is 3.29. The minimum Gasteiger partial charge on any atom is -0.466 e. The van der Waals surface area contributed by atoms with Gasteiger partial charge in [-0.25, -0.2) is 0 Å². The van der Waals surface area contributed by atoms with Crippen LogP contribution in [0.1, 0.15) is 251 Å². The summed E-state index contributed by atoms with van der Waals surface area (Å²) in [4.78, 5) is 25.0. The number of carbonyl (C=O) groups excluding carboxylic acids is 2. The van der Waals surface area contributed by atoms with E-state index in [1.165, 1.54) is 154 Å². The Labute approximate surface area is 391 Å². The fourth-order valence-corrected chi connectivity index (χ4v) is 8.55. The molecule has 7 atom stereocenters. The summed E-state index contributed by atoms with van der Waals surface area (Å²) in [6.07, 6.45) is 38.5. The van der Waals surface area contributed by atoms with Gasteiger partial charge < -0.3 is 45.1 Å². The van der Waals surface area contributed by atoms with E-state index in [-0.39, 0.29) is 18.5 Å². The molecule has 11 nitrogen and oxygen atoms in total. The lowest BCUT2D eigenvalue weighted by molar-refractivity contribution is -0.302. The summed E-state index contributed by atoms with van der Waals surface area (Å²) >= 11 is 0. The minimum atomic E-state index is -1.57. The molecule has 0 aromatic heterocycles. The van der Waals surface area contributed by atoms with Crippen molar-refractivity contribution in [2.75, 3.05) is 19.8 Å². The smallest absolute Gasteiger partial charge is 0.305 e. The van der Waals surface area contributed by atoms with Crippen LogP contribution in [-0.4, -0.2) is 100 Å². The Morgan fingerprint density at radius 3 is 1.45 bits per heavy atom. The molecule has 7 unspecified atom stereocenters. The topological polar surface area (TPSA) is 175 Å². The van der Waals surface area contributed by atoms with Crippen LogP contribution in [0.5, 0.6) is 0 Å². The molecular formula is C53H101NO10. The molecule has 11 heteroatoms. The second-order valence-electron chi connectivity index (χ2n) is 18.9. The lowest BCUT2D eigenvalue weighted by Crippen LogP contribution is -2.60. The number of hydrogen-bond acceptors (Lipinski definition) is 10. The van der Waals surface area contributed by atoms with Gasteiger partial charge in [-0.15, -0.1) is 0 Å². The lowest BCUT2D eigenvalue weighted by Gasteiger charge is -2.40. The number of allylic oxidation sites excluding steroid dienone is 1. The van der Waals surface area contributed by atoms with Crippen LogP contribution in [0.3, 0.4) is 0 Å². The van der Waals surface area contributed by atoms with E-state index in [1.54, 1.807) is 6.08 Å². The first kappa shape index (κ1) is 60.4. The maximum absolute atomic E-state index is 13.0. The van der Waals surface area contributed by atoms with Crippen molar-refractivity contribution in [2.45, 2.75) is 294 Å². The van der Waals surface area contributed by atoms with Gasteiger partial charge in [-0.1, -0.05) is 219 Å². The molecule has 1 fully saturated rings. The molecule has 1 saturated heterocycles. The summed E-state index contributed by atoms with van der Waals surface area (Å²) in [6.45, 7) is 4.29. The highest BCUT2D eigenvalue weighted by Crippen LogP contribution is 2.23. The number of rotatable bonds is 46. The van der Waals surface area contributed by atoms with Gasteiger partial charge in [0.15, 0.2) is 6.29 Å². The van der Waals surface area contributed by atoms with Gasteiger partial charge in [-0.3, -0.25) is 9.59 Å². The quantitative estimate of drug-likeness (QED) is 0.0196. The van der Waals surface area contributed by atoms with Crippen molar-refractivity contribution in [2.24, 2.45) is 0 Å². The largest absolute Gasteiger partial charge is 0.466 e. The number of hydrogen-bond donors (Lipinski definition) is 6. The normalized spacial score (nSPS) is 19.9. The van der Waals surface area contributed by atoms with E-state index in [0.29, 0.717) is 19.4 Å². The first-order chi connectivity index (χ1) is 31.2. The molecule has 1 heterocycles. The summed E-state index contributed by atoms with van der Waals surface area (Å²) in [5.74, 6) is -0.215. The molecule has 64 heavy (non-hydrogen) atoms. The molecule has 1 aliphatic heterocycles.